The fraction of sp³-hybridized carbons (Fsp3) is 0.0222. The summed E-state index contributed by atoms with van der Waals surface area (Å²) >= 11 is 0. The number of carboxylic acid groups (broad SMARTS) is 2. The summed E-state index contributed by atoms with van der Waals surface area (Å²) in [7, 11) is 0. The molecule has 0 radical (unpaired) electrons. The number of anilines is 2. The molecule has 53 heavy (non-hydrogen) atoms. The van der Waals surface area contributed by atoms with E-state index in [0.717, 1.165) is 74.4 Å². The highest BCUT2D eigenvalue weighted by Crippen LogP contribution is 2.40. The second kappa shape index (κ2) is 16.6. The minimum atomic E-state index is -1.22. The van der Waals surface area contributed by atoms with E-state index in [2.05, 4.69) is 47.0 Å². The van der Waals surface area contributed by atoms with E-state index in [9.17, 15) is 19.2 Å². The van der Waals surface area contributed by atoms with Gasteiger partial charge in [-0.1, -0.05) is 127 Å². The predicted octanol–water partition coefficient (Wildman–Crippen LogP) is 9.03. The summed E-state index contributed by atoms with van der Waals surface area (Å²) in [4.78, 5) is 47.6. The van der Waals surface area contributed by atoms with E-state index >= 15 is 0 Å². The number of aliphatic carboxylic acids is 2. The molecule has 0 aliphatic carbocycles. The SMILES string of the molecule is O=C(O)/C=C/C(=O)Nc1ccc(C(c2ccc(-c3ccccc3)cc2)c2ccc(NC(=O)/C=C/C(=O)O)c(-c3ccccc3)c2)cc1-c1ccccc1. The number of nitrogens with one attached hydrogen (secondary N) is 2. The van der Waals surface area contributed by atoms with Crippen LogP contribution >= 0.6 is 0 Å². The van der Waals surface area contributed by atoms with Crippen LogP contribution in [-0.2, 0) is 19.2 Å². The lowest BCUT2D eigenvalue weighted by molar-refractivity contribution is -0.132. The van der Waals surface area contributed by atoms with Crippen LogP contribution in [0.4, 0.5) is 11.4 Å². The predicted molar refractivity (Wildman–Crippen MR) is 207 cm³/mol. The normalized spacial score (nSPS) is 11.1. The Balaban J connectivity index is 1.51. The number of carbonyl (C=O) groups is 4. The van der Waals surface area contributed by atoms with Crippen molar-refractivity contribution in [2.75, 3.05) is 10.6 Å². The number of benzene rings is 6. The standard InChI is InChI=1S/C45H34N2O6/c48-41(24-26-43(50)51)46-39-22-20-35(28-37(39)32-12-6-2-7-13-32)45(34-18-16-31(17-19-34)30-10-4-1-5-11-30)36-21-23-40(47-42(49)25-27-44(52)53)38(29-36)33-14-8-3-9-15-33/h1-29,45H,(H,46,48)(H,47,49)(H,50,51)(H,52,53)/b26-24+,27-25+. The van der Waals surface area contributed by atoms with Crippen molar-refractivity contribution in [3.8, 4) is 33.4 Å². The number of hydrogen-bond acceptors (Lipinski definition) is 4. The number of hydrogen-bond donors (Lipinski definition) is 4. The van der Waals surface area contributed by atoms with Gasteiger partial charge >= 0.3 is 11.9 Å². The molecule has 6 rings (SSSR count). The van der Waals surface area contributed by atoms with E-state index in [1.54, 1.807) is 0 Å². The zero-order chi connectivity index (χ0) is 37.2. The molecule has 4 N–H and O–H groups in total. The monoisotopic (exact) mass is 698 g/mol. The van der Waals surface area contributed by atoms with Crippen LogP contribution < -0.4 is 10.6 Å². The molecule has 6 aromatic rings. The molecular weight excluding hydrogens is 665 g/mol. The Hall–Kier alpha value is -7.32. The summed E-state index contributed by atoms with van der Waals surface area (Å²) in [5.41, 5.74) is 9.16. The number of amides is 2. The third-order valence-corrected chi connectivity index (χ3v) is 8.54. The van der Waals surface area contributed by atoms with Crippen LogP contribution in [0, 0.1) is 0 Å². The Bertz CT molecular complexity index is 2190. The maximum atomic E-state index is 12.7. The summed E-state index contributed by atoms with van der Waals surface area (Å²) in [6.07, 6.45) is 3.54. The fourth-order valence-corrected chi connectivity index (χ4v) is 6.13. The van der Waals surface area contributed by atoms with Gasteiger partial charge in [-0.15, -0.1) is 0 Å². The maximum Gasteiger partial charge on any atom is 0.328 e. The summed E-state index contributed by atoms with van der Waals surface area (Å²) < 4.78 is 0. The highest BCUT2D eigenvalue weighted by molar-refractivity contribution is 6.05. The van der Waals surface area contributed by atoms with E-state index in [-0.39, 0.29) is 5.92 Å². The molecule has 2 amide bonds. The Morgan fingerprint density at radius 3 is 1.17 bits per heavy atom. The molecule has 6 aromatic carbocycles. The first kappa shape index (κ1) is 35.5. The van der Waals surface area contributed by atoms with Crippen molar-refractivity contribution in [1.29, 1.82) is 0 Å². The van der Waals surface area contributed by atoms with Crippen LogP contribution in [0.5, 0.6) is 0 Å². The van der Waals surface area contributed by atoms with Gasteiger partial charge in [-0.25, -0.2) is 9.59 Å². The molecule has 8 heteroatoms. The second-order valence-corrected chi connectivity index (χ2v) is 12.1. The summed E-state index contributed by atoms with van der Waals surface area (Å²) in [5, 5.41) is 23.8. The van der Waals surface area contributed by atoms with Crippen LogP contribution in [0.15, 0.2) is 176 Å². The van der Waals surface area contributed by atoms with Gasteiger partial charge in [0.15, 0.2) is 0 Å². The molecule has 260 valence electrons. The Morgan fingerprint density at radius 1 is 0.415 bits per heavy atom. The van der Waals surface area contributed by atoms with E-state index < -0.39 is 23.8 Å². The van der Waals surface area contributed by atoms with E-state index in [4.69, 9.17) is 10.2 Å². The average Bonchev–Trinajstić information content (AvgIpc) is 3.18. The fourth-order valence-electron chi connectivity index (χ4n) is 6.13. The first-order valence-electron chi connectivity index (χ1n) is 16.7. The molecular formula is C45H34N2O6. The molecule has 0 atom stereocenters. The van der Waals surface area contributed by atoms with Crippen molar-refractivity contribution in [3.63, 3.8) is 0 Å². The van der Waals surface area contributed by atoms with Gasteiger partial charge < -0.3 is 20.8 Å². The molecule has 0 saturated heterocycles. The molecule has 0 saturated carbocycles. The molecule has 0 unspecified atom stereocenters. The Morgan fingerprint density at radius 2 is 0.774 bits per heavy atom. The molecule has 0 spiro atoms. The lowest BCUT2D eigenvalue weighted by Gasteiger charge is -2.23. The van der Waals surface area contributed by atoms with Crippen molar-refractivity contribution in [2.24, 2.45) is 0 Å². The van der Waals surface area contributed by atoms with Gasteiger partial charge in [0.05, 0.1) is 0 Å². The smallest absolute Gasteiger partial charge is 0.328 e. The van der Waals surface area contributed by atoms with Gasteiger partial charge in [0.2, 0.25) is 11.8 Å². The Kier molecular flexibility index (Phi) is 11.1. The van der Waals surface area contributed by atoms with Crippen LogP contribution in [0.1, 0.15) is 22.6 Å². The van der Waals surface area contributed by atoms with Gasteiger partial charge in [-0.3, -0.25) is 9.59 Å². The maximum absolute atomic E-state index is 12.7. The average molecular weight is 699 g/mol. The molecule has 0 fully saturated rings. The largest absolute Gasteiger partial charge is 0.478 e. The van der Waals surface area contributed by atoms with Crippen molar-refractivity contribution in [1.82, 2.24) is 0 Å². The zero-order valence-corrected chi connectivity index (χ0v) is 28.3. The van der Waals surface area contributed by atoms with Crippen molar-refractivity contribution in [3.05, 3.63) is 193 Å². The van der Waals surface area contributed by atoms with E-state index in [0.29, 0.717) is 11.4 Å². The van der Waals surface area contributed by atoms with Crippen molar-refractivity contribution >= 4 is 35.1 Å². The third kappa shape index (κ3) is 9.08. The number of rotatable bonds is 12. The number of carboxylic acids is 2. The minimum Gasteiger partial charge on any atom is -0.478 e. The summed E-state index contributed by atoms with van der Waals surface area (Å²) in [5.74, 6) is -3.92. The highest BCUT2D eigenvalue weighted by atomic mass is 16.4. The topological polar surface area (TPSA) is 133 Å². The van der Waals surface area contributed by atoms with Crippen LogP contribution in [-0.4, -0.2) is 34.0 Å². The first-order valence-corrected chi connectivity index (χ1v) is 16.7. The lowest BCUT2D eigenvalue weighted by atomic mass is 9.82. The lowest BCUT2D eigenvalue weighted by Crippen LogP contribution is -2.12. The first-order chi connectivity index (χ1) is 25.7. The quantitative estimate of drug-likeness (QED) is 0.0745. The molecule has 0 aliphatic rings. The van der Waals surface area contributed by atoms with Gasteiger partial charge in [0.1, 0.15) is 0 Å². The van der Waals surface area contributed by atoms with E-state index in [1.165, 1.54) is 0 Å². The summed E-state index contributed by atoms with van der Waals surface area (Å²) in [6, 6.07) is 49.2. The van der Waals surface area contributed by atoms with Crippen LogP contribution in [0.25, 0.3) is 33.4 Å². The van der Waals surface area contributed by atoms with Gasteiger partial charge in [0, 0.05) is 52.7 Å². The molecule has 0 heterocycles. The Labute approximate surface area is 306 Å². The van der Waals surface area contributed by atoms with Crippen LogP contribution in [0.3, 0.4) is 0 Å². The van der Waals surface area contributed by atoms with E-state index in [1.807, 2.05) is 115 Å². The summed E-state index contributed by atoms with van der Waals surface area (Å²) in [6.45, 7) is 0. The van der Waals surface area contributed by atoms with Gasteiger partial charge in [-0.05, 0) is 63.2 Å². The van der Waals surface area contributed by atoms with Crippen molar-refractivity contribution < 1.29 is 29.4 Å². The molecule has 8 nitrogen and oxygen atoms in total. The van der Waals surface area contributed by atoms with Crippen LogP contribution in [0.2, 0.25) is 0 Å². The second-order valence-electron chi connectivity index (χ2n) is 12.1. The molecule has 0 aliphatic heterocycles. The third-order valence-electron chi connectivity index (χ3n) is 8.54. The zero-order valence-electron chi connectivity index (χ0n) is 28.3. The number of carbonyl (C=O) groups excluding carboxylic acids is 2. The van der Waals surface area contributed by atoms with Crippen molar-refractivity contribution in [2.45, 2.75) is 5.92 Å². The highest BCUT2D eigenvalue weighted by Gasteiger charge is 2.22. The molecule has 0 aromatic heterocycles. The van der Waals surface area contributed by atoms with Gasteiger partial charge in [-0.2, -0.15) is 0 Å². The van der Waals surface area contributed by atoms with Gasteiger partial charge in [0.25, 0.3) is 0 Å². The molecule has 0 bridgehead atoms. The minimum absolute atomic E-state index is 0.321.